The van der Waals surface area contributed by atoms with Crippen LogP contribution < -0.4 is 19.5 Å². The molecule has 0 unspecified atom stereocenters. The Morgan fingerprint density at radius 2 is 1.81 bits per heavy atom. The summed E-state index contributed by atoms with van der Waals surface area (Å²) in [7, 11) is 4.84. The second kappa shape index (κ2) is 9.50. The standard InChI is InChI=1S/C15H22ClNO4/c1-11(16)10-21-15-13(19-3)7-12(8-14(15)20-4)9-17-5-6-18-2/h7-8,17H,1,5-6,9-10H2,2-4H3. The normalized spacial score (nSPS) is 10.3. The Morgan fingerprint density at radius 3 is 2.29 bits per heavy atom. The lowest BCUT2D eigenvalue weighted by atomic mass is 10.1. The molecule has 0 saturated carbocycles. The highest BCUT2D eigenvalue weighted by atomic mass is 35.5. The lowest BCUT2D eigenvalue weighted by Crippen LogP contribution is -2.18. The van der Waals surface area contributed by atoms with Crippen LogP contribution in [-0.2, 0) is 11.3 Å². The van der Waals surface area contributed by atoms with Gasteiger partial charge >= 0.3 is 0 Å². The molecule has 0 bridgehead atoms. The largest absolute Gasteiger partial charge is 0.493 e. The topological polar surface area (TPSA) is 49.0 Å². The molecule has 1 aromatic rings. The molecule has 0 amide bonds. The molecule has 0 aliphatic heterocycles. The van der Waals surface area contributed by atoms with E-state index in [1.165, 1.54) is 0 Å². The maximum Gasteiger partial charge on any atom is 0.203 e. The molecule has 1 rings (SSSR count). The van der Waals surface area contributed by atoms with Gasteiger partial charge < -0.3 is 24.3 Å². The fourth-order valence-corrected chi connectivity index (χ4v) is 1.79. The van der Waals surface area contributed by atoms with Gasteiger partial charge in [-0.25, -0.2) is 0 Å². The van der Waals surface area contributed by atoms with Crippen molar-refractivity contribution in [1.29, 1.82) is 0 Å². The van der Waals surface area contributed by atoms with Crippen LogP contribution in [0.2, 0.25) is 0 Å². The molecule has 0 radical (unpaired) electrons. The summed E-state index contributed by atoms with van der Waals surface area (Å²) in [4.78, 5) is 0. The van der Waals surface area contributed by atoms with E-state index in [1.807, 2.05) is 12.1 Å². The minimum Gasteiger partial charge on any atom is -0.493 e. The van der Waals surface area contributed by atoms with Gasteiger partial charge in [-0.3, -0.25) is 0 Å². The van der Waals surface area contributed by atoms with Crippen molar-refractivity contribution < 1.29 is 18.9 Å². The summed E-state index contributed by atoms with van der Waals surface area (Å²) in [6.07, 6.45) is 0. The van der Waals surface area contributed by atoms with Crippen LogP contribution >= 0.6 is 11.6 Å². The molecule has 1 aromatic carbocycles. The van der Waals surface area contributed by atoms with E-state index in [9.17, 15) is 0 Å². The fourth-order valence-electron chi connectivity index (χ4n) is 1.74. The SMILES string of the molecule is C=C(Cl)COc1c(OC)cc(CNCCOC)cc1OC. The van der Waals surface area contributed by atoms with Gasteiger partial charge in [0.1, 0.15) is 6.61 Å². The molecule has 0 aliphatic rings. The van der Waals surface area contributed by atoms with Crippen molar-refractivity contribution in [3.63, 3.8) is 0 Å². The van der Waals surface area contributed by atoms with Gasteiger partial charge in [0.25, 0.3) is 0 Å². The van der Waals surface area contributed by atoms with Crippen LogP contribution in [0.15, 0.2) is 23.7 Å². The third kappa shape index (κ3) is 5.83. The van der Waals surface area contributed by atoms with Crippen molar-refractivity contribution in [2.24, 2.45) is 0 Å². The summed E-state index contributed by atoms with van der Waals surface area (Å²) in [6.45, 7) is 5.90. The Balaban J connectivity index is 2.86. The number of rotatable bonds is 10. The van der Waals surface area contributed by atoms with E-state index in [1.54, 1.807) is 21.3 Å². The lowest BCUT2D eigenvalue weighted by molar-refractivity contribution is 0.199. The quantitative estimate of drug-likeness (QED) is 0.673. The zero-order valence-corrected chi connectivity index (χ0v) is 13.5. The average Bonchev–Trinajstić information content (AvgIpc) is 2.48. The van der Waals surface area contributed by atoms with Crippen molar-refractivity contribution in [1.82, 2.24) is 5.32 Å². The molecular formula is C15H22ClNO4. The molecule has 0 heterocycles. The minimum absolute atomic E-state index is 0.194. The van der Waals surface area contributed by atoms with Crippen LogP contribution in [0.25, 0.3) is 0 Å². The van der Waals surface area contributed by atoms with Gasteiger partial charge in [0.05, 0.1) is 20.8 Å². The molecule has 118 valence electrons. The number of methoxy groups -OCH3 is 3. The minimum atomic E-state index is 0.194. The molecule has 0 saturated heterocycles. The molecule has 0 aliphatic carbocycles. The molecule has 1 N–H and O–H groups in total. The predicted molar refractivity (Wildman–Crippen MR) is 83.6 cm³/mol. The van der Waals surface area contributed by atoms with Crippen LogP contribution in [-0.4, -0.2) is 41.1 Å². The van der Waals surface area contributed by atoms with Crippen molar-refractivity contribution in [3.8, 4) is 17.2 Å². The van der Waals surface area contributed by atoms with Crippen LogP contribution in [0, 0.1) is 0 Å². The molecule has 5 nitrogen and oxygen atoms in total. The Morgan fingerprint density at radius 1 is 1.19 bits per heavy atom. The first-order chi connectivity index (χ1) is 10.1. The Hall–Kier alpha value is -1.43. The summed E-state index contributed by atoms with van der Waals surface area (Å²) in [5, 5.41) is 3.67. The highest BCUT2D eigenvalue weighted by molar-refractivity contribution is 6.29. The van der Waals surface area contributed by atoms with E-state index in [0.717, 1.165) is 12.1 Å². The molecule has 0 atom stereocenters. The number of halogens is 1. The van der Waals surface area contributed by atoms with Gasteiger partial charge in [0.15, 0.2) is 11.5 Å². The summed E-state index contributed by atoms with van der Waals surface area (Å²) in [6, 6.07) is 3.79. The van der Waals surface area contributed by atoms with Crippen molar-refractivity contribution >= 4 is 11.6 Å². The fraction of sp³-hybridized carbons (Fsp3) is 0.467. The third-order valence-corrected chi connectivity index (χ3v) is 2.81. The first-order valence-electron chi connectivity index (χ1n) is 6.53. The van der Waals surface area contributed by atoms with E-state index in [-0.39, 0.29) is 6.61 Å². The van der Waals surface area contributed by atoms with Crippen LogP contribution in [0.3, 0.4) is 0 Å². The van der Waals surface area contributed by atoms with Crippen LogP contribution in [0.4, 0.5) is 0 Å². The number of hydrogen-bond donors (Lipinski definition) is 1. The highest BCUT2D eigenvalue weighted by Gasteiger charge is 2.14. The van der Waals surface area contributed by atoms with Gasteiger partial charge in [-0.15, -0.1) is 0 Å². The Labute approximate surface area is 130 Å². The average molecular weight is 316 g/mol. The summed E-state index contributed by atoms with van der Waals surface area (Å²) < 4.78 is 21.3. The van der Waals surface area contributed by atoms with Crippen molar-refractivity contribution in [3.05, 3.63) is 29.3 Å². The van der Waals surface area contributed by atoms with Gasteiger partial charge in [-0.2, -0.15) is 0 Å². The Bertz CT molecular complexity index is 440. The smallest absolute Gasteiger partial charge is 0.203 e. The van der Waals surface area contributed by atoms with Gasteiger partial charge in [-0.1, -0.05) is 18.2 Å². The highest BCUT2D eigenvalue weighted by Crippen LogP contribution is 2.38. The third-order valence-electron chi connectivity index (χ3n) is 2.71. The van der Waals surface area contributed by atoms with E-state index in [4.69, 9.17) is 30.5 Å². The van der Waals surface area contributed by atoms with Gasteiger partial charge in [-0.05, 0) is 17.7 Å². The predicted octanol–water partition coefficient (Wildman–Crippen LogP) is 2.57. The number of nitrogens with one attached hydrogen (secondary N) is 1. The Kier molecular flexibility index (Phi) is 7.97. The second-order valence-electron chi connectivity index (χ2n) is 4.30. The number of hydrogen-bond acceptors (Lipinski definition) is 5. The maximum absolute atomic E-state index is 5.73. The van der Waals surface area contributed by atoms with Gasteiger partial charge in [0.2, 0.25) is 5.75 Å². The summed E-state index contributed by atoms with van der Waals surface area (Å²) >= 11 is 5.73. The first-order valence-corrected chi connectivity index (χ1v) is 6.90. The maximum atomic E-state index is 5.73. The molecule has 21 heavy (non-hydrogen) atoms. The van der Waals surface area contributed by atoms with E-state index in [2.05, 4.69) is 11.9 Å². The first kappa shape index (κ1) is 17.6. The van der Waals surface area contributed by atoms with Crippen LogP contribution in [0.1, 0.15) is 5.56 Å². The molecule has 0 spiro atoms. The second-order valence-corrected chi connectivity index (χ2v) is 4.84. The van der Waals surface area contributed by atoms with E-state index in [0.29, 0.717) is 35.4 Å². The zero-order chi connectivity index (χ0) is 15.7. The van der Waals surface area contributed by atoms with E-state index < -0.39 is 0 Å². The monoisotopic (exact) mass is 315 g/mol. The molecular weight excluding hydrogens is 294 g/mol. The molecule has 6 heteroatoms. The lowest BCUT2D eigenvalue weighted by Gasteiger charge is -2.16. The van der Waals surface area contributed by atoms with Crippen molar-refractivity contribution in [2.75, 3.05) is 41.1 Å². The number of benzene rings is 1. The van der Waals surface area contributed by atoms with E-state index >= 15 is 0 Å². The molecule has 0 fully saturated rings. The number of ether oxygens (including phenoxy) is 4. The zero-order valence-electron chi connectivity index (χ0n) is 12.7. The molecule has 0 aromatic heterocycles. The summed E-state index contributed by atoms with van der Waals surface area (Å²) in [5.74, 6) is 1.70. The van der Waals surface area contributed by atoms with Crippen LogP contribution in [0.5, 0.6) is 17.2 Å². The summed E-state index contributed by atoms with van der Waals surface area (Å²) in [5.41, 5.74) is 1.02. The van der Waals surface area contributed by atoms with Gasteiger partial charge in [0, 0.05) is 25.2 Å². The van der Waals surface area contributed by atoms with Crippen molar-refractivity contribution in [2.45, 2.75) is 6.54 Å².